The van der Waals surface area contributed by atoms with Crippen LogP contribution >= 0.6 is 11.3 Å². The lowest BCUT2D eigenvalue weighted by Crippen LogP contribution is -2.36. The lowest BCUT2D eigenvalue weighted by Gasteiger charge is -2.10. The molecule has 0 aliphatic rings. The summed E-state index contributed by atoms with van der Waals surface area (Å²) in [4.78, 5) is 14.1. The third kappa shape index (κ3) is 3.77. The monoisotopic (exact) mass is 293 g/mol. The summed E-state index contributed by atoms with van der Waals surface area (Å²) in [5, 5.41) is 10.5. The fraction of sp³-hybridized carbons (Fsp3) is 0.500. The first-order chi connectivity index (χ1) is 9.70. The van der Waals surface area contributed by atoms with E-state index in [0.717, 1.165) is 30.6 Å². The predicted octanol–water partition coefficient (Wildman–Crippen LogP) is 0.835. The Morgan fingerprint density at radius 1 is 1.40 bits per heavy atom. The van der Waals surface area contributed by atoms with E-state index in [9.17, 15) is 0 Å². The molecular formula is C12H19N7S. The zero-order valence-corrected chi connectivity index (χ0v) is 12.7. The molecule has 8 heteroatoms. The van der Waals surface area contributed by atoms with Gasteiger partial charge in [-0.05, 0) is 13.8 Å². The molecule has 0 fully saturated rings. The summed E-state index contributed by atoms with van der Waals surface area (Å²) in [6.45, 7) is 6.08. The molecule has 0 saturated carbocycles. The molecule has 0 bridgehead atoms. The van der Waals surface area contributed by atoms with Crippen molar-refractivity contribution in [1.82, 2.24) is 30.4 Å². The van der Waals surface area contributed by atoms with Crippen LogP contribution in [0.5, 0.6) is 0 Å². The minimum absolute atomic E-state index is 0.494. The zero-order chi connectivity index (χ0) is 14.4. The summed E-state index contributed by atoms with van der Waals surface area (Å²) in [6.07, 6.45) is 1.53. The van der Waals surface area contributed by atoms with Crippen LogP contribution in [0.4, 0.5) is 0 Å². The maximum Gasteiger partial charge on any atom is 0.191 e. The van der Waals surface area contributed by atoms with Gasteiger partial charge in [0.05, 0.1) is 17.7 Å². The van der Waals surface area contributed by atoms with E-state index in [1.165, 1.54) is 11.2 Å². The van der Waals surface area contributed by atoms with E-state index in [-0.39, 0.29) is 0 Å². The standard InChI is InChI=1S/C12H19N7S/c1-4-13-12(14-5-10-9(2)17-8-20-10)15-6-11-16-7-18-19(11)3/h7-8H,4-6H2,1-3H3,(H2,13,14,15). The van der Waals surface area contributed by atoms with E-state index in [1.807, 2.05) is 26.4 Å². The Hall–Kier alpha value is -1.96. The third-order valence-corrected chi connectivity index (χ3v) is 3.72. The van der Waals surface area contributed by atoms with Crippen molar-refractivity contribution >= 4 is 17.3 Å². The number of aliphatic imine (C=N–C) groups is 1. The number of aryl methyl sites for hydroxylation is 2. The van der Waals surface area contributed by atoms with Crippen molar-refractivity contribution in [1.29, 1.82) is 0 Å². The quantitative estimate of drug-likeness (QED) is 0.630. The summed E-state index contributed by atoms with van der Waals surface area (Å²) in [5.41, 5.74) is 2.92. The van der Waals surface area contributed by atoms with Gasteiger partial charge in [0.25, 0.3) is 0 Å². The van der Waals surface area contributed by atoms with Crippen molar-refractivity contribution in [2.75, 3.05) is 6.54 Å². The summed E-state index contributed by atoms with van der Waals surface area (Å²) in [6, 6.07) is 0. The first-order valence-electron chi connectivity index (χ1n) is 6.44. The second-order valence-corrected chi connectivity index (χ2v) is 5.15. The normalized spacial score (nSPS) is 11.7. The average molecular weight is 293 g/mol. The smallest absolute Gasteiger partial charge is 0.191 e. The predicted molar refractivity (Wildman–Crippen MR) is 79.5 cm³/mol. The number of nitrogens with one attached hydrogen (secondary N) is 2. The van der Waals surface area contributed by atoms with Crippen LogP contribution in [-0.4, -0.2) is 32.3 Å². The van der Waals surface area contributed by atoms with Crippen LogP contribution in [-0.2, 0) is 20.1 Å². The fourth-order valence-electron chi connectivity index (χ4n) is 1.61. The summed E-state index contributed by atoms with van der Waals surface area (Å²) in [7, 11) is 1.86. The maximum absolute atomic E-state index is 4.50. The highest BCUT2D eigenvalue weighted by Gasteiger charge is 2.04. The Morgan fingerprint density at radius 3 is 2.85 bits per heavy atom. The largest absolute Gasteiger partial charge is 0.357 e. The molecule has 2 rings (SSSR count). The van der Waals surface area contributed by atoms with Gasteiger partial charge in [-0.2, -0.15) is 5.10 Å². The molecule has 0 aromatic carbocycles. The highest BCUT2D eigenvalue weighted by Crippen LogP contribution is 2.11. The van der Waals surface area contributed by atoms with Crippen molar-refractivity contribution in [3.8, 4) is 0 Å². The zero-order valence-electron chi connectivity index (χ0n) is 11.9. The van der Waals surface area contributed by atoms with Crippen LogP contribution in [0.3, 0.4) is 0 Å². The maximum atomic E-state index is 4.50. The SMILES string of the molecule is CCNC(=NCc1ncnn1C)NCc1scnc1C. The van der Waals surface area contributed by atoms with E-state index in [1.54, 1.807) is 16.0 Å². The van der Waals surface area contributed by atoms with Crippen LogP contribution in [0.15, 0.2) is 16.8 Å². The first-order valence-corrected chi connectivity index (χ1v) is 7.32. The number of hydrogen-bond donors (Lipinski definition) is 2. The molecular weight excluding hydrogens is 274 g/mol. The van der Waals surface area contributed by atoms with E-state index in [2.05, 4.69) is 30.7 Å². The van der Waals surface area contributed by atoms with Crippen molar-refractivity contribution in [2.45, 2.75) is 26.9 Å². The number of rotatable bonds is 5. The Morgan fingerprint density at radius 2 is 2.25 bits per heavy atom. The molecule has 2 aromatic heterocycles. The van der Waals surface area contributed by atoms with E-state index >= 15 is 0 Å². The van der Waals surface area contributed by atoms with Gasteiger partial charge >= 0.3 is 0 Å². The van der Waals surface area contributed by atoms with Gasteiger partial charge in [-0.1, -0.05) is 0 Å². The Labute approximate surface area is 122 Å². The average Bonchev–Trinajstić information content (AvgIpc) is 3.02. The number of nitrogens with zero attached hydrogens (tertiary/aromatic N) is 5. The molecule has 7 nitrogen and oxygen atoms in total. The lowest BCUT2D eigenvalue weighted by molar-refractivity contribution is 0.697. The molecule has 0 aliphatic carbocycles. The molecule has 0 radical (unpaired) electrons. The van der Waals surface area contributed by atoms with Crippen molar-refractivity contribution < 1.29 is 0 Å². The molecule has 108 valence electrons. The van der Waals surface area contributed by atoms with E-state index in [4.69, 9.17) is 0 Å². The lowest BCUT2D eigenvalue weighted by atomic mass is 10.4. The van der Waals surface area contributed by atoms with Gasteiger partial charge in [-0.25, -0.2) is 15.0 Å². The first kappa shape index (κ1) is 14.4. The molecule has 0 saturated heterocycles. The van der Waals surface area contributed by atoms with Gasteiger partial charge in [-0.3, -0.25) is 4.68 Å². The second-order valence-electron chi connectivity index (χ2n) is 4.21. The van der Waals surface area contributed by atoms with E-state index < -0.39 is 0 Å². The van der Waals surface area contributed by atoms with Crippen molar-refractivity contribution in [3.63, 3.8) is 0 Å². The van der Waals surface area contributed by atoms with Crippen molar-refractivity contribution in [3.05, 3.63) is 28.2 Å². The number of thiazole rings is 1. The minimum atomic E-state index is 0.494. The molecule has 0 aliphatic heterocycles. The van der Waals surface area contributed by atoms with Gasteiger partial charge in [-0.15, -0.1) is 11.3 Å². The molecule has 0 amide bonds. The second kappa shape index (κ2) is 6.99. The Balaban J connectivity index is 1.96. The van der Waals surface area contributed by atoms with Crippen molar-refractivity contribution in [2.24, 2.45) is 12.0 Å². The number of hydrogen-bond acceptors (Lipinski definition) is 5. The summed E-state index contributed by atoms with van der Waals surface area (Å²) < 4.78 is 1.72. The minimum Gasteiger partial charge on any atom is -0.357 e. The summed E-state index contributed by atoms with van der Waals surface area (Å²) >= 11 is 1.65. The van der Waals surface area contributed by atoms with Crippen LogP contribution < -0.4 is 10.6 Å². The highest BCUT2D eigenvalue weighted by molar-refractivity contribution is 7.09. The summed E-state index contributed by atoms with van der Waals surface area (Å²) in [5.74, 6) is 1.60. The van der Waals surface area contributed by atoms with Gasteiger partial charge < -0.3 is 10.6 Å². The highest BCUT2D eigenvalue weighted by atomic mass is 32.1. The molecule has 0 unspecified atom stereocenters. The Kier molecular flexibility index (Phi) is 5.05. The van der Waals surface area contributed by atoms with Gasteiger partial charge in [0.2, 0.25) is 0 Å². The topological polar surface area (TPSA) is 80.0 Å². The molecule has 2 aromatic rings. The van der Waals surface area contributed by atoms with Crippen LogP contribution in [0.1, 0.15) is 23.3 Å². The van der Waals surface area contributed by atoms with E-state index in [0.29, 0.717) is 6.54 Å². The molecule has 0 spiro atoms. The third-order valence-electron chi connectivity index (χ3n) is 2.79. The van der Waals surface area contributed by atoms with Gasteiger partial charge in [0, 0.05) is 18.5 Å². The molecule has 20 heavy (non-hydrogen) atoms. The molecule has 0 atom stereocenters. The number of aromatic nitrogens is 4. The molecule has 2 heterocycles. The van der Waals surface area contributed by atoms with Crippen LogP contribution in [0, 0.1) is 6.92 Å². The molecule has 2 N–H and O–H groups in total. The fourth-order valence-corrected chi connectivity index (χ4v) is 2.33. The number of guanidine groups is 1. The van der Waals surface area contributed by atoms with Gasteiger partial charge in [0.1, 0.15) is 18.7 Å². The van der Waals surface area contributed by atoms with Crippen LogP contribution in [0.25, 0.3) is 0 Å². The Bertz CT molecular complexity index is 572. The van der Waals surface area contributed by atoms with Crippen LogP contribution in [0.2, 0.25) is 0 Å². The van der Waals surface area contributed by atoms with Gasteiger partial charge in [0.15, 0.2) is 5.96 Å².